The lowest BCUT2D eigenvalue weighted by atomic mass is 10.1. The molecule has 1 atom stereocenters. The van der Waals surface area contributed by atoms with Gasteiger partial charge >= 0.3 is 6.09 Å². The summed E-state index contributed by atoms with van der Waals surface area (Å²) in [7, 11) is 4.46. The molecule has 9 heteroatoms. The first kappa shape index (κ1) is 22.7. The van der Waals surface area contributed by atoms with E-state index >= 15 is 0 Å². The Balaban J connectivity index is 1.73. The SMILES string of the molecule is COC(=O)N1CCC(Nc2ccc(C#N)cc2C(=O)NCc2ccc(OC)c(OC)c2)C1. The van der Waals surface area contributed by atoms with Gasteiger partial charge in [-0.15, -0.1) is 0 Å². The van der Waals surface area contributed by atoms with Gasteiger partial charge in [0.15, 0.2) is 11.5 Å². The van der Waals surface area contributed by atoms with Gasteiger partial charge in [-0.3, -0.25) is 4.79 Å². The number of nitriles is 1. The van der Waals surface area contributed by atoms with Crippen molar-refractivity contribution in [2.45, 2.75) is 19.0 Å². The molecular weight excluding hydrogens is 412 g/mol. The molecule has 0 aliphatic carbocycles. The van der Waals surface area contributed by atoms with Crippen LogP contribution in [0, 0.1) is 11.3 Å². The lowest BCUT2D eigenvalue weighted by molar-refractivity contribution is 0.0951. The maximum Gasteiger partial charge on any atom is 0.409 e. The minimum absolute atomic E-state index is 0.0283. The second-order valence-corrected chi connectivity index (χ2v) is 7.29. The third kappa shape index (κ3) is 5.21. The Bertz CT molecular complexity index is 1030. The van der Waals surface area contributed by atoms with Gasteiger partial charge in [-0.1, -0.05) is 6.07 Å². The van der Waals surface area contributed by atoms with E-state index in [1.54, 1.807) is 49.5 Å². The number of hydrogen-bond acceptors (Lipinski definition) is 7. The van der Waals surface area contributed by atoms with Crippen molar-refractivity contribution in [1.29, 1.82) is 5.26 Å². The van der Waals surface area contributed by atoms with Crippen molar-refractivity contribution in [3.05, 3.63) is 53.1 Å². The minimum atomic E-state index is -0.373. The molecule has 168 valence electrons. The molecule has 1 fully saturated rings. The van der Waals surface area contributed by atoms with E-state index < -0.39 is 0 Å². The van der Waals surface area contributed by atoms with E-state index in [1.807, 2.05) is 6.07 Å². The van der Waals surface area contributed by atoms with Crippen LogP contribution in [0.3, 0.4) is 0 Å². The van der Waals surface area contributed by atoms with E-state index in [0.717, 1.165) is 12.0 Å². The van der Waals surface area contributed by atoms with Crippen molar-refractivity contribution in [2.75, 3.05) is 39.7 Å². The van der Waals surface area contributed by atoms with Gasteiger partial charge in [-0.2, -0.15) is 5.26 Å². The number of ether oxygens (including phenoxy) is 3. The number of nitrogens with zero attached hydrogens (tertiary/aromatic N) is 2. The number of anilines is 1. The van der Waals surface area contributed by atoms with E-state index in [9.17, 15) is 14.9 Å². The van der Waals surface area contributed by atoms with Crippen molar-refractivity contribution < 1.29 is 23.8 Å². The molecule has 2 aromatic carbocycles. The molecule has 3 rings (SSSR count). The number of likely N-dealkylation sites (tertiary alicyclic amines) is 1. The average Bonchev–Trinajstić information content (AvgIpc) is 3.30. The highest BCUT2D eigenvalue weighted by Gasteiger charge is 2.27. The van der Waals surface area contributed by atoms with E-state index in [4.69, 9.17) is 14.2 Å². The molecular formula is C23H26N4O5. The smallest absolute Gasteiger partial charge is 0.409 e. The highest BCUT2D eigenvalue weighted by atomic mass is 16.5. The largest absolute Gasteiger partial charge is 0.493 e. The van der Waals surface area contributed by atoms with E-state index in [0.29, 0.717) is 41.4 Å². The molecule has 32 heavy (non-hydrogen) atoms. The van der Waals surface area contributed by atoms with Crippen LogP contribution < -0.4 is 20.1 Å². The minimum Gasteiger partial charge on any atom is -0.493 e. The second kappa shape index (κ2) is 10.4. The zero-order valence-electron chi connectivity index (χ0n) is 18.3. The zero-order valence-corrected chi connectivity index (χ0v) is 18.3. The van der Waals surface area contributed by atoms with Gasteiger partial charge in [0.2, 0.25) is 0 Å². The van der Waals surface area contributed by atoms with Crippen LogP contribution in [0.2, 0.25) is 0 Å². The monoisotopic (exact) mass is 438 g/mol. The number of carbonyl (C=O) groups is 2. The summed E-state index contributed by atoms with van der Waals surface area (Å²) in [4.78, 5) is 26.3. The van der Waals surface area contributed by atoms with Gasteiger partial charge < -0.3 is 29.7 Å². The van der Waals surface area contributed by atoms with Crippen LogP contribution in [-0.2, 0) is 11.3 Å². The van der Waals surface area contributed by atoms with Crippen molar-refractivity contribution in [3.63, 3.8) is 0 Å². The standard InChI is InChI=1S/C23H26N4O5/c1-30-20-7-5-16(11-21(20)31-2)13-25-22(28)18-10-15(12-24)4-6-19(18)26-17-8-9-27(14-17)23(29)32-3/h4-7,10-11,17,26H,8-9,13-14H2,1-3H3,(H,25,28). The quantitative estimate of drug-likeness (QED) is 0.683. The Labute approximate surface area is 186 Å². The highest BCUT2D eigenvalue weighted by molar-refractivity contribution is 6.00. The number of nitrogens with one attached hydrogen (secondary N) is 2. The van der Waals surface area contributed by atoms with Gasteiger partial charge in [-0.25, -0.2) is 4.79 Å². The van der Waals surface area contributed by atoms with E-state index in [-0.39, 0.29) is 24.6 Å². The van der Waals surface area contributed by atoms with Gasteiger partial charge in [-0.05, 0) is 42.3 Å². The van der Waals surface area contributed by atoms with Crippen LogP contribution in [0.25, 0.3) is 0 Å². The Kier molecular flexibility index (Phi) is 7.39. The Morgan fingerprint density at radius 1 is 1.12 bits per heavy atom. The summed E-state index contributed by atoms with van der Waals surface area (Å²) in [6.07, 6.45) is 0.351. The molecule has 0 radical (unpaired) electrons. The molecule has 0 spiro atoms. The molecule has 1 unspecified atom stereocenters. The molecule has 2 amide bonds. The Hall–Kier alpha value is -3.93. The van der Waals surface area contributed by atoms with Crippen molar-refractivity contribution in [1.82, 2.24) is 10.2 Å². The van der Waals surface area contributed by atoms with E-state index in [1.165, 1.54) is 7.11 Å². The van der Waals surface area contributed by atoms with Gasteiger partial charge in [0.25, 0.3) is 5.91 Å². The first-order chi connectivity index (χ1) is 15.5. The van der Waals surface area contributed by atoms with Crippen molar-refractivity contribution >= 4 is 17.7 Å². The summed E-state index contributed by atoms with van der Waals surface area (Å²) in [6, 6.07) is 12.4. The second-order valence-electron chi connectivity index (χ2n) is 7.29. The molecule has 1 aliphatic rings. The van der Waals surface area contributed by atoms with Crippen LogP contribution >= 0.6 is 0 Å². The molecule has 2 aromatic rings. The number of rotatable bonds is 7. The lowest BCUT2D eigenvalue weighted by Gasteiger charge is -2.18. The van der Waals surface area contributed by atoms with Gasteiger partial charge in [0, 0.05) is 31.4 Å². The maximum absolute atomic E-state index is 13.0. The summed E-state index contributed by atoms with van der Waals surface area (Å²) in [5.74, 6) is 0.861. The summed E-state index contributed by atoms with van der Waals surface area (Å²) >= 11 is 0. The lowest BCUT2D eigenvalue weighted by Crippen LogP contribution is -2.32. The number of methoxy groups -OCH3 is 3. The van der Waals surface area contributed by atoms with Crippen LogP contribution in [0.4, 0.5) is 10.5 Å². The van der Waals surface area contributed by atoms with Crippen molar-refractivity contribution in [2.24, 2.45) is 0 Å². The van der Waals surface area contributed by atoms with Crippen LogP contribution in [0.5, 0.6) is 11.5 Å². The highest BCUT2D eigenvalue weighted by Crippen LogP contribution is 2.27. The van der Waals surface area contributed by atoms with Gasteiger partial charge in [0.05, 0.1) is 38.5 Å². The molecule has 0 bridgehead atoms. The predicted octanol–water partition coefficient (Wildman–Crippen LogP) is 2.76. The van der Waals surface area contributed by atoms with Gasteiger partial charge in [0.1, 0.15) is 0 Å². The predicted molar refractivity (Wildman–Crippen MR) is 118 cm³/mol. The summed E-state index contributed by atoms with van der Waals surface area (Å²) in [5.41, 5.74) is 2.19. The topological polar surface area (TPSA) is 113 Å². The average molecular weight is 438 g/mol. The third-order valence-corrected chi connectivity index (χ3v) is 5.28. The number of benzene rings is 2. The normalized spacial score (nSPS) is 14.9. The number of hydrogen-bond donors (Lipinski definition) is 2. The Morgan fingerprint density at radius 3 is 2.59 bits per heavy atom. The fourth-order valence-corrected chi connectivity index (χ4v) is 3.59. The molecule has 2 N–H and O–H groups in total. The molecule has 0 aromatic heterocycles. The molecule has 1 aliphatic heterocycles. The van der Waals surface area contributed by atoms with E-state index in [2.05, 4.69) is 16.7 Å². The summed E-state index contributed by atoms with van der Waals surface area (Å²) < 4.78 is 15.3. The molecule has 1 heterocycles. The van der Waals surface area contributed by atoms with Crippen LogP contribution in [0.15, 0.2) is 36.4 Å². The molecule has 1 saturated heterocycles. The van der Waals surface area contributed by atoms with Crippen LogP contribution in [0.1, 0.15) is 27.9 Å². The summed E-state index contributed by atoms with van der Waals surface area (Å²) in [5, 5.41) is 15.5. The number of carbonyl (C=O) groups excluding carboxylic acids is 2. The molecule has 9 nitrogen and oxygen atoms in total. The Morgan fingerprint density at radius 2 is 1.91 bits per heavy atom. The van der Waals surface area contributed by atoms with Crippen LogP contribution in [-0.4, -0.2) is 57.4 Å². The third-order valence-electron chi connectivity index (χ3n) is 5.28. The van der Waals surface area contributed by atoms with Crippen molar-refractivity contribution in [3.8, 4) is 17.6 Å². The molecule has 0 saturated carbocycles. The zero-order chi connectivity index (χ0) is 23.1. The first-order valence-corrected chi connectivity index (χ1v) is 10.1. The fraction of sp³-hybridized carbons (Fsp3) is 0.348. The first-order valence-electron chi connectivity index (χ1n) is 10.1. The number of amides is 2. The summed E-state index contributed by atoms with van der Waals surface area (Å²) in [6.45, 7) is 1.32. The fourth-order valence-electron chi connectivity index (χ4n) is 3.59. The maximum atomic E-state index is 13.0.